The van der Waals surface area contributed by atoms with E-state index in [1.54, 1.807) is 36.4 Å². The zero-order valence-electron chi connectivity index (χ0n) is 78.8. The first-order valence-corrected chi connectivity index (χ1v) is 48.5. The van der Waals surface area contributed by atoms with Gasteiger partial charge in [-0.1, -0.05) is 88.3 Å². The van der Waals surface area contributed by atoms with Crippen molar-refractivity contribution in [2.24, 2.45) is 105 Å². The number of amides is 15. The highest BCUT2D eigenvalue weighted by molar-refractivity contribution is 8.76. The van der Waals surface area contributed by atoms with E-state index in [0.29, 0.717) is 29.4 Å². The second-order valence-corrected chi connectivity index (χ2v) is 35.9. The topological polar surface area (TPSA) is 911 Å². The van der Waals surface area contributed by atoms with Crippen LogP contribution in [0.5, 0.6) is 11.5 Å². The fourth-order valence-electron chi connectivity index (χ4n) is 14.3. The summed E-state index contributed by atoms with van der Waals surface area (Å²) >= 11 is 0. The number of unbranched alkanes of at least 4 members (excludes halogenated alkanes) is 2. The van der Waals surface area contributed by atoms with Gasteiger partial charge in [-0.25, -0.2) is 9.59 Å². The minimum Gasteiger partial charge on any atom is -0.508 e. The van der Waals surface area contributed by atoms with Gasteiger partial charge < -0.3 is 170 Å². The van der Waals surface area contributed by atoms with Gasteiger partial charge >= 0.3 is 12.0 Å². The smallest absolute Gasteiger partial charge is 0.326 e. The molecule has 4 aromatic rings. The van der Waals surface area contributed by atoms with E-state index in [0.717, 1.165) is 27.0 Å². The molecule has 5 rings (SSSR count). The van der Waals surface area contributed by atoms with Crippen molar-refractivity contribution in [2.45, 2.75) is 226 Å². The quantitative estimate of drug-likeness (QED) is 0.00845. The summed E-state index contributed by atoms with van der Waals surface area (Å²) in [4.78, 5) is 242. The van der Waals surface area contributed by atoms with E-state index in [9.17, 15) is 39.3 Å². The van der Waals surface area contributed by atoms with Crippen molar-refractivity contribution < 1.29 is 87.2 Å². The number of aliphatic imine (C=N–C) groups is 5. The minimum absolute atomic E-state index is 0.0316. The molecule has 14 atom stereocenters. The summed E-state index contributed by atoms with van der Waals surface area (Å²) in [6, 6.07) is -0.852. The highest BCUT2D eigenvalue weighted by Crippen LogP contribution is 2.26. The number of carbonyl (C=O) groups is 15. The number of phenolic OH excluding ortho intramolecular Hbond substituents is 2. The number of phenols is 2. The van der Waals surface area contributed by atoms with E-state index >= 15 is 47.9 Å². The number of carboxylic acid groups (broad SMARTS) is 1. The number of carbonyl (C=O) groups excluding carboxylic acids is 14. The number of aromatic hydroxyl groups is 2. The average molecular weight is 2010 g/mol. The van der Waals surface area contributed by atoms with Crippen LogP contribution in [0.15, 0.2) is 116 Å². The van der Waals surface area contributed by atoms with Gasteiger partial charge in [-0.05, 0) is 187 Å². The first kappa shape index (κ1) is 117. The Morgan fingerprint density at radius 1 is 0.397 bits per heavy atom. The number of aliphatic carboxylic acids is 1. The van der Waals surface area contributed by atoms with Crippen LogP contribution in [0.2, 0.25) is 0 Å². The van der Waals surface area contributed by atoms with Crippen LogP contribution in [0.25, 0.3) is 10.8 Å². The molecule has 53 heteroatoms. The molecule has 0 bridgehead atoms. The van der Waals surface area contributed by atoms with Gasteiger partial charge in [0, 0.05) is 70.0 Å². The second-order valence-electron chi connectivity index (χ2n) is 33.4. The summed E-state index contributed by atoms with van der Waals surface area (Å²) in [6.45, 7) is 0.947. The van der Waals surface area contributed by atoms with Crippen LogP contribution in [0.3, 0.4) is 0 Å². The molecule has 51 nitrogen and oxygen atoms in total. The van der Waals surface area contributed by atoms with E-state index in [4.69, 9.17) is 80.3 Å². The molecule has 141 heavy (non-hydrogen) atoms. The number of nitrogens with two attached hydrogens (primary N) is 14. The Hall–Kier alpha value is -14.5. The Morgan fingerprint density at radius 3 is 1.23 bits per heavy atom. The Kier molecular flexibility index (Phi) is 52.4. The largest absolute Gasteiger partial charge is 0.508 e. The summed E-state index contributed by atoms with van der Waals surface area (Å²) in [5.41, 5.74) is 81.1. The van der Waals surface area contributed by atoms with Crippen LogP contribution in [-0.2, 0) is 86.4 Å². The SMILES string of the molecule is C[C@@H]1NC(=O)[C@@H](CCCCN)NC(=O)[C@H](CCCCN)NC(=O)[C@H](CCCN=C(N)N)NC(=O)[C@H](Cc2ccc(O)cc2)NC(=O)[C@@H](NC(=O)[C@H](Cc2ccc3ccccc3c2)NC(=O)[C@H](CCCN=C(N)N)NC(=O)[C@@H](N)CCCN=C(N)N)CSSC[C@@H](C(=O)N[C@@H](CCCN=C(N)N)C(=O)O)NC(=O)[C@H](CCCNC(N)=O)NC(=O)[C@H](CCCN=C(N)N)NC(=O)[C@H](Cc2ccc(O)cc2)NC1=O. The van der Waals surface area contributed by atoms with Crippen LogP contribution in [0.1, 0.15) is 139 Å². The molecule has 45 N–H and O–H groups in total. The fourth-order valence-corrected chi connectivity index (χ4v) is 16.6. The predicted octanol–water partition coefficient (Wildman–Crippen LogP) is -7.62. The van der Waals surface area contributed by atoms with Crippen LogP contribution in [0, 0.1) is 0 Å². The molecular weight excluding hydrogens is 1870 g/mol. The summed E-state index contributed by atoms with van der Waals surface area (Å²) in [5.74, 6) is -18.2. The number of guanidine groups is 5. The van der Waals surface area contributed by atoms with Gasteiger partial charge in [0.15, 0.2) is 29.8 Å². The second kappa shape index (κ2) is 63.2. The Labute approximate surface area is 823 Å². The van der Waals surface area contributed by atoms with Gasteiger partial charge in [0.05, 0.1) is 6.04 Å². The number of primary amides is 1. The van der Waals surface area contributed by atoms with Gasteiger partial charge in [0.2, 0.25) is 76.8 Å². The number of nitrogens with one attached hydrogen (secondary N) is 14. The molecule has 0 spiro atoms. The van der Waals surface area contributed by atoms with Crippen LogP contribution >= 0.6 is 21.6 Å². The third kappa shape index (κ3) is 45.8. The number of benzene rings is 4. The summed E-state index contributed by atoms with van der Waals surface area (Å²) in [7, 11) is 1.47. The van der Waals surface area contributed by atoms with Crippen LogP contribution in [-0.4, -0.2) is 282 Å². The molecule has 0 aromatic heterocycles. The molecule has 4 aromatic carbocycles. The molecule has 0 unspecified atom stereocenters. The zero-order chi connectivity index (χ0) is 104. The summed E-state index contributed by atoms with van der Waals surface area (Å²) in [6.07, 6.45) is -1.86. The number of urea groups is 1. The highest BCUT2D eigenvalue weighted by Gasteiger charge is 2.39. The molecule has 776 valence electrons. The molecule has 1 aliphatic rings. The van der Waals surface area contributed by atoms with E-state index in [2.05, 4.69) is 99.4 Å². The average Bonchev–Trinajstić information content (AvgIpc) is 0.815. The monoisotopic (exact) mass is 2010 g/mol. The lowest BCUT2D eigenvalue weighted by Gasteiger charge is -2.29. The third-order valence-corrected chi connectivity index (χ3v) is 24.3. The molecule has 15 amide bonds. The van der Waals surface area contributed by atoms with Gasteiger partial charge in [0.25, 0.3) is 0 Å². The maximum absolute atomic E-state index is 16.0. The molecule has 1 heterocycles. The van der Waals surface area contributed by atoms with Crippen molar-refractivity contribution in [2.75, 3.05) is 63.9 Å². The molecule has 1 aliphatic heterocycles. The minimum atomic E-state index is -1.90. The molecule has 0 saturated carbocycles. The molecule has 0 radical (unpaired) electrons. The number of hydrogen-bond acceptors (Lipinski definition) is 27. The van der Waals surface area contributed by atoms with Crippen molar-refractivity contribution in [3.05, 3.63) is 108 Å². The lowest BCUT2D eigenvalue weighted by molar-refractivity contribution is -0.142. The van der Waals surface area contributed by atoms with E-state index in [-0.39, 0.29) is 208 Å². The molecule has 1 fully saturated rings. The number of nitrogens with zero attached hydrogens (tertiary/aromatic N) is 5. The highest BCUT2D eigenvalue weighted by atomic mass is 33.1. The van der Waals surface area contributed by atoms with Crippen molar-refractivity contribution in [3.8, 4) is 11.5 Å². The number of carboxylic acids is 1. The number of fused-ring (bicyclic) bond motifs is 1. The summed E-state index contributed by atoms with van der Waals surface area (Å²) in [5, 5.41) is 69.8. The first-order valence-electron chi connectivity index (χ1n) is 46.1. The van der Waals surface area contributed by atoms with Gasteiger partial charge in [-0.15, -0.1) is 0 Å². The maximum Gasteiger partial charge on any atom is 0.326 e. The van der Waals surface area contributed by atoms with E-state index in [1.165, 1.54) is 55.5 Å². The standard InChI is InChI=1S/C88H139N33O18S2/c1-48-69(124)117-64(43-49-25-30-54(122)31-26-49)77(132)114-61(21-11-39-106-86(98)99)74(129)113-62(22-12-41-108-88(102)139)76(131)120-67(80(135)116-63(82(137)138)23-13-40-107-87(100)101)46-140-141-47-68(121-79(134)66(45-51-24-29-52-14-2-3-15-53(52)42-51)118-75(130)59(19-9-37-104-84(94)95)110-70(125)56(91)16-8-36-103-83(92)93)81(136)119-65(44-50-27-32-55(123)33-28-50)78(133)115-60(20-10-38-105-85(96)97)73(128)112-58(18-5-7-35-90)72(127)111-57(71(126)109-48)17-4-6-34-89/h2-3,14-15,24-33,42,48,56-68,122-123H,4-13,16-23,34-41,43-47,89-91H2,1H3,(H,109,126)(H,110,125)(H,111,127)(H,112,128)(H,113,129)(H,114,132)(H,115,133)(H,116,135)(H,117,124)(H,118,130)(H,119,136)(H,120,131)(H,121,134)(H,137,138)(H4,92,93,103)(H4,94,95,104)(H4,96,97,105)(H4,98,99,106)(H4,100,101,107)(H3,102,108,139)/t48-,56-,57+,58-,59-,60-,61-,62-,63-,64-,65-,66-,67-,68-/m0/s1. The van der Waals surface area contributed by atoms with Crippen LogP contribution < -0.4 is 155 Å². The third-order valence-electron chi connectivity index (χ3n) is 21.8. The van der Waals surface area contributed by atoms with E-state index in [1.807, 2.05) is 6.07 Å². The number of hydrogen-bond donors (Lipinski definition) is 31. The van der Waals surface area contributed by atoms with Crippen molar-refractivity contribution in [1.82, 2.24) is 74.4 Å². The van der Waals surface area contributed by atoms with Gasteiger partial charge in [-0.2, -0.15) is 0 Å². The Balaban J connectivity index is 1.84. The molecule has 0 aliphatic carbocycles. The lowest BCUT2D eigenvalue weighted by Crippen LogP contribution is -2.61. The Morgan fingerprint density at radius 2 is 0.780 bits per heavy atom. The van der Waals surface area contributed by atoms with Gasteiger partial charge in [0.1, 0.15) is 90.0 Å². The summed E-state index contributed by atoms with van der Waals surface area (Å²) < 4.78 is 0. The lowest BCUT2D eigenvalue weighted by atomic mass is 10.00. The van der Waals surface area contributed by atoms with Crippen molar-refractivity contribution >= 4 is 151 Å². The first-order chi connectivity index (χ1) is 67.1. The molecule has 1 saturated heterocycles. The Bertz CT molecular complexity index is 4940. The van der Waals surface area contributed by atoms with Gasteiger partial charge in [-0.3, -0.25) is 87.3 Å². The number of rotatable bonds is 47. The normalized spacial score (nSPS) is 19.9. The predicted molar refractivity (Wildman–Crippen MR) is 535 cm³/mol. The maximum atomic E-state index is 16.0. The van der Waals surface area contributed by atoms with Crippen molar-refractivity contribution in [1.29, 1.82) is 0 Å². The zero-order valence-corrected chi connectivity index (χ0v) is 80.4. The van der Waals surface area contributed by atoms with E-state index < -0.39 is 198 Å². The van der Waals surface area contributed by atoms with Crippen LogP contribution in [0.4, 0.5) is 4.79 Å². The fraction of sp³-hybridized carbons (Fsp3) is 0.523. The van der Waals surface area contributed by atoms with Crippen molar-refractivity contribution in [3.63, 3.8) is 0 Å². The molecular formula is C88H139N33O18S2.